The molecule has 0 aliphatic heterocycles. The predicted molar refractivity (Wildman–Crippen MR) is 112 cm³/mol. The molecule has 0 fully saturated rings. The van der Waals surface area contributed by atoms with E-state index in [1.54, 1.807) is 7.05 Å². The Morgan fingerprint density at radius 1 is 1.32 bits per heavy atom. The van der Waals surface area contributed by atoms with E-state index in [-0.39, 0.29) is 36.0 Å². The third kappa shape index (κ3) is 8.94. The number of halogens is 1. The van der Waals surface area contributed by atoms with Gasteiger partial charge in [-0.25, -0.2) is 0 Å². The van der Waals surface area contributed by atoms with E-state index in [1.807, 2.05) is 6.92 Å². The number of carbonyl (C=O) groups is 1. The third-order valence-electron chi connectivity index (χ3n) is 3.64. The molecule has 1 aromatic rings. The van der Waals surface area contributed by atoms with E-state index in [0.29, 0.717) is 25.5 Å². The largest absolute Gasteiger partial charge is 0.490 e. The quantitative estimate of drug-likeness (QED) is 0.269. The zero-order valence-electron chi connectivity index (χ0n) is 15.7. The molecule has 0 aromatic heterocycles. The van der Waals surface area contributed by atoms with Gasteiger partial charge in [-0.1, -0.05) is 19.1 Å². The number of hydrogen-bond acceptors (Lipinski definition) is 4. The van der Waals surface area contributed by atoms with Crippen molar-refractivity contribution in [3.05, 3.63) is 29.3 Å². The number of benzene rings is 1. The van der Waals surface area contributed by atoms with Crippen LogP contribution in [0.15, 0.2) is 23.2 Å². The van der Waals surface area contributed by atoms with E-state index >= 15 is 0 Å². The van der Waals surface area contributed by atoms with E-state index in [9.17, 15) is 4.79 Å². The number of guanidine groups is 1. The fourth-order valence-corrected chi connectivity index (χ4v) is 2.00. The number of ether oxygens (including phenoxy) is 2. The van der Waals surface area contributed by atoms with Gasteiger partial charge in [0.2, 0.25) is 0 Å². The van der Waals surface area contributed by atoms with Gasteiger partial charge < -0.3 is 20.1 Å². The highest BCUT2D eigenvalue weighted by Gasteiger charge is 2.09. The summed E-state index contributed by atoms with van der Waals surface area (Å²) in [6.07, 6.45) is 1.42. The minimum absolute atomic E-state index is 0. The first-order chi connectivity index (χ1) is 11.5. The van der Waals surface area contributed by atoms with Crippen LogP contribution in [0.2, 0.25) is 0 Å². The minimum Gasteiger partial charge on any atom is -0.490 e. The van der Waals surface area contributed by atoms with Gasteiger partial charge in [-0.2, -0.15) is 0 Å². The highest BCUT2D eigenvalue weighted by Crippen LogP contribution is 2.22. The lowest BCUT2D eigenvalue weighted by atomic mass is 10.1. The monoisotopic (exact) mass is 463 g/mol. The molecular weight excluding hydrogens is 433 g/mol. The lowest BCUT2D eigenvalue weighted by Gasteiger charge is -2.18. The van der Waals surface area contributed by atoms with Gasteiger partial charge in [0.05, 0.1) is 19.6 Å². The summed E-state index contributed by atoms with van der Waals surface area (Å²) in [7, 11) is 3.07. The summed E-state index contributed by atoms with van der Waals surface area (Å²) < 4.78 is 10.6. The van der Waals surface area contributed by atoms with Gasteiger partial charge in [0.1, 0.15) is 5.75 Å². The molecule has 1 aromatic carbocycles. The van der Waals surface area contributed by atoms with Crippen molar-refractivity contribution in [3.63, 3.8) is 0 Å². The molecule has 0 saturated carbocycles. The van der Waals surface area contributed by atoms with Crippen molar-refractivity contribution >= 4 is 35.9 Å². The molecule has 0 heterocycles. The van der Waals surface area contributed by atoms with Crippen LogP contribution >= 0.6 is 24.0 Å². The summed E-state index contributed by atoms with van der Waals surface area (Å²) in [5, 5.41) is 6.32. The first-order valence-corrected chi connectivity index (χ1v) is 8.27. The molecule has 0 aliphatic carbocycles. The van der Waals surface area contributed by atoms with Crippen LogP contribution in [0.3, 0.4) is 0 Å². The Hall–Kier alpha value is -1.51. The van der Waals surface area contributed by atoms with Crippen LogP contribution < -0.4 is 15.4 Å². The van der Waals surface area contributed by atoms with Gasteiger partial charge in [-0.15, -0.1) is 24.0 Å². The van der Waals surface area contributed by atoms with Crippen molar-refractivity contribution in [2.45, 2.75) is 46.3 Å². The van der Waals surface area contributed by atoms with Crippen molar-refractivity contribution in [2.24, 2.45) is 4.99 Å². The second-order valence-electron chi connectivity index (χ2n) is 5.63. The predicted octanol–water partition coefficient (Wildman–Crippen LogP) is 3.02. The van der Waals surface area contributed by atoms with Crippen LogP contribution in [0, 0.1) is 6.92 Å². The average molecular weight is 463 g/mol. The summed E-state index contributed by atoms with van der Waals surface area (Å²) in [5.74, 6) is 1.27. The molecule has 1 rings (SSSR count). The Bertz CT molecular complexity index is 564. The first kappa shape index (κ1) is 23.5. The van der Waals surface area contributed by atoms with Crippen LogP contribution in [0.25, 0.3) is 0 Å². The number of nitrogens with one attached hydrogen (secondary N) is 2. The van der Waals surface area contributed by atoms with E-state index in [0.717, 1.165) is 23.3 Å². The number of aliphatic imine (C=N–C) groups is 1. The molecule has 0 bridgehead atoms. The van der Waals surface area contributed by atoms with Gasteiger partial charge in [0, 0.05) is 25.7 Å². The minimum atomic E-state index is -0.249. The van der Waals surface area contributed by atoms with E-state index in [4.69, 9.17) is 4.74 Å². The standard InChI is InChI=1S/C18H29N3O3.HI/c1-6-14(3)24-16-11-13(2)7-8-15(16)12-21-18(19-4)20-10-9-17(22)23-5;/h7-8,11,14H,6,9-10,12H2,1-5H3,(H2,19,20,21);1H. The van der Waals surface area contributed by atoms with E-state index in [1.165, 1.54) is 7.11 Å². The van der Waals surface area contributed by atoms with Crippen LogP contribution in [0.5, 0.6) is 5.75 Å². The zero-order valence-corrected chi connectivity index (χ0v) is 18.0. The van der Waals surface area contributed by atoms with Gasteiger partial charge in [0.25, 0.3) is 0 Å². The molecule has 25 heavy (non-hydrogen) atoms. The second-order valence-corrected chi connectivity index (χ2v) is 5.63. The maximum absolute atomic E-state index is 11.1. The Kier molecular flexibility index (Phi) is 12.0. The van der Waals surface area contributed by atoms with Crippen LogP contribution in [0.1, 0.15) is 37.8 Å². The number of rotatable bonds is 8. The topological polar surface area (TPSA) is 72.0 Å². The number of carbonyl (C=O) groups excluding carboxylic acids is 1. The van der Waals surface area contributed by atoms with Crippen molar-refractivity contribution in [3.8, 4) is 5.75 Å². The molecule has 142 valence electrons. The number of methoxy groups -OCH3 is 1. The second kappa shape index (κ2) is 12.8. The molecule has 0 radical (unpaired) electrons. The van der Waals surface area contributed by atoms with Crippen molar-refractivity contribution < 1.29 is 14.3 Å². The smallest absolute Gasteiger partial charge is 0.307 e. The van der Waals surface area contributed by atoms with Gasteiger partial charge >= 0.3 is 5.97 Å². The van der Waals surface area contributed by atoms with Gasteiger partial charge in [-0.05, 0) is 31.9 Å². The zero-order chi connectivity index (χ0) is 17.9. The lowest BCUT2D eigenvalue weighted by molar-refractivity contribution is -0.140. The Morgan fingerprint density at radius 3 is 2.64 bits per heavy atom. The van der Waals surface area contributed by atoms with Gasteiger partial charge in [-0.3, -0.25) is 9.79 Å². The molecule has 7 heteroatoms. The Labute approximate surface area is 167 Å². The van der Waals surface area contributed by atoms with Crippen LogP contribution in [-0.4, -0.2) is 38.7 Å². The normalized spacial score (nSPS) is 12.0. The Morgan fingerprint density at radius 2 is 2.04 bits per heavy atom. The summed E-state index contributed by atoms with van der Waals surface area (Å²) in [4.78, 5) is 15.3. The molecule has 0 amide bonds. The van der Waals surface area contributed by atoms with Crippen molar-refractivity contribution in [1.29, 1.82) is 0 Å². The molecule has 2 N–H and O–H groups in total. The molecule has 0 saturated heterocycles. The van der Waals surface area contributed by atoms with Gasteiger partial charge in [0.15, 0.2) is 5.96 Å². The highest BCUT2D eigenvalue weighted by atomic mass is 127. The molecular formula is C18H30IN3O3. The van der Waals surface area contributed by atoms with Crippen LogP contribution in [0.4, 0.5) is 0 Å². The van der Waals surface area contributed by atoms with Crippen molar-refractivity contribution in [1.82, 2.24) is 10.6 Å². The average Bonchev–Trinajstić information content (AvgIpc) is 2.58. The molecule has 0 aliphatic rings. The lowest BCUT2D eigenvalue weighted by Crippen LogP contribution is -2.38. The summed E-state index contributed by atoms with van der Waals surface area (Å²) in [5.41, 5.74) is 2.23. The van der Waals surface area contributed by atoms with E-state index in [2.05, 4.69) is 52.4 Å². The van der Waals surface area contributed by atoms with Crippen LogP contribution in [-0.2, 0) is 16.1 Å². The fourth-order valence-electron chi connectivity index (χ4n) is 2.00. The number of nitrogens with zero attached hydrogens (tertiary/aromatic N) is 1. The summed E-state index contributed by atoms with van der Waals surface area (Å²) in [6, 6.07) is 6.17. The number of hydrogen-bond donors (Lipinski definition) is 2. The summed E-state index contributed by atoms with van der Waals surface area (Å²) >= 11 is 0. The molecule has 6 nitrogen and oxygen atoms in total. The molecule has 1 unspecified atom stereocenters. The fraction of sp³-hybridized carbons (Fsp3) is 0.556. The maximum Gasteiger partial charge on any atom is 0.307 e. The Balaban J connectivity index is 0.00000576. The summed E-state index contributed by atoms with van der Waals surface area (Å²) in [6.45, 7) is 7.27. The van der Waals surface area contributed by atoms with Crippen molar-refractivity contribution in [2.75, 3.05) is 20.7 Å². The number of aryl methyl sites for hydroxylation is 1. The third-order valence-corrected chi connectivity index (χ3v) is 3.64. The van der Waals surface area contributed by atoms with E-state index < -0.39 is 0 Å². The molecule has 1 atom stereocenters. The SMILES string of the molecule is CCC(C)Oc1cc(C)ccc1CNC(=NC)NCCC(=O)OC.I. The first-order valence-electron chi connectivity index (χ1n) is 8.27. The number of esters is 1. The highest BCUT2D eigenvalue weighted by molar-refractivity contribution is 14.0. The molecule has 0 spiro atoms. The maximum atomic E-state index is 11.1.